The van der Waals surface area contributed by atoms with Gasteiger partial charge in [-0.05, 0) is 78.5 Å². The molecule has 3 aliphatic rings. The second-order valence-electron chi connectivity index (χ2n) is 7.58. The molecule has 0 bridgehead atoms. The Balaban J connectivity index is 1.75. The maximum Gasteiger partial charge on any atom is 0.115 e. The third kappa shape index (κ3) is 1.80. The van der Waals surface area contributed by atoms with Crippen molar-refractivity contribution in [3.63, 3.8) is 0 Å². The predicted octanol–water partition coefficient (Wildman–Crippen LogP) is 3.10. The van der Waals surface area contributed by atoms with Crippen LogP contribution in [0.4, 0.5) is 0 Å². The zero-order chi connectivity index (χ0) is 14.8. The van der Waals surface area contributed by atoms with Crippen molar-refractivity contribution in [2.75, 3.05) is 0 Å². The van der Waals surface area contributed by atoms with Gasteiger partial charge in [0, 0.05) is 0 Å². The van der Waals surface area contributed by atoms with Crippen LogP contribution in [0.1, 0.15) is 62.2 Å². The number of hydrogen-bond acceptors (Lipinski definition) is 3. The lowest BCUT2D eigenvalue weighted by Gasteiger charge is -2.50. The standard InChI is InChI=1S/C18H24O3/c1-18-7-6-12-11-3-2-10(19)8-14(11)16(20)9-13(12)15(18)4-5-17(18)21/h2-3,8,12-13,15-17,19-21H,4-7,9H2,1H3/t12-,13-,15+,16?,17?,18+/m1/s1. The second kappa shape index (κ2) is 4.47. The number of hydrogen-bond donors (Lipinski definition) is 3. The van der Waals surface area contributed by atoms with E-state index in [1.807, 2.05) is 6.07 Å². The van der Waals surface area contributed by atoms with Gasteiger partial charge >= 0.3 is 0 Å². The molecule has 3 aliphatic carbocycles. The molecule has 2 saturated carbocycles. The summed E-state index contributed by atoms with van der Waals surface area (Å²) >= 11 is 0. The Bertz CT molecular complexity index is 570. The maximum atomic E-state index is 10.5. The van der Waals surface area contributed by atoms with Crippen LogP contribution < -0.4 is 0 Å². The van der Waals surface area contributed by atoms with Crippen molar-refractivity contribution in [2.24, 2.45) is 17.3 Å². The molecular formula is C18H24O3. The molecule has 4 rings (SSSR count). The third-order valence-corrected chi connectivity index (χ3v) is 6.71. The first-order valence-corrected chi connectivity index (χ1v) is 8.19. The van der Waals surface area contributed by atoms with Gasteiger partial charge in [0.1, 0.15) is 5.75 Å². The molecule has 3 heteroatoms. The van der Waals surface area contributed by atoms with E-state index in [4.69, 9.17) is 0 Å². The van der Waals surface area contributed by atoms with E-state index < -0.39 is 6.10 Å². The molecule has 0 heterocycles. The van der Waals surface area contributed by atoms with Crippen LogP contribution in [0.2, 0.25) is 0 Å². The number of phenolic OH excluding ortho intramolecular Hbond substituents is 1. The summed E-state index contributed by atoms with van der Waals surface area (Å²) in [5.41, 5.74) is 2.17. The Morgan fingerprint density at radius 2 is 1.90 bits per heavy atom. The van der Waals surface area contributed by atoms with Gasteiger partial charge in [0.15, 0.2) is 0 Å². The fraction of sp³-hybridized carbons (Fsp3) is 0.667. The van der Waals surface area contributed by atoms with Crippen molar-refractivity contribution in [2.45, 2.75) is 57.2 Å². The molecule has 6 atom stereocenters. The largest absolute Gasteiger partial charge is 0.508 e. The molecule has 0 saturated heterocycles. The van der Waals surface area contributed by atoms with Crippen molar-refractivity contribution >= 4 is 0 Å². The second-order valence-corrected chi connectivity index (χ2v) is 7.58. The monoisotopic (exact) mass is 288 g/mol. The Hall–Kier alpha value is -1.06. The molecule has 0 spiro atoms. The fourth-order valence-corrected chi connectivity index (χ4v) is 5.55. The van der Waals surface area contributed by atoms with Crippen LogP contribution in [0.5, 0.6) is 5.75 Å². The van der Waals surface area contributed by atoms with Crippen LogP contribution in [-0.2, 0) is 0 Å². The summed E-state index contributed by atoms with van der Waals surface area (Å²) in [6.07, 6.45) is 4.25. The number of phenols is 1. The molecular weight excluding hydrogens is 264 g/mol. The Kier molecular flexibility index (Phi) is 2.89. The average molecular weight is 288 g/mol. The normalized spacial score (nSPS) is 44.8. The number of aliphatic hydroxyl groups is 2. The van der Waals surface area contributed by atoms with Crippen LogP contribution in [0.15, 0.2) is 18.2 Å². The summed E-state index contributed by atoms with van der Waals surface area (Å²) < 4.78 is 0. The molecule has 1 aromatic rings. The van der Waals surface area contributed by atoms with Gasteiger partial charge in [0.05, 0.1) is 12.2 Å². The molecule has 2 fully saturated rings. The number of aromatic hydroxyl groups is 1. The lowest BCUT2D eigenvalue weighted by Crippen LogP contribution is -2.44. The number of fused-ring (bicyclic) bond motifs is 5. The SMILES string of the molecule is C[C@]12CC[C@@H]3c4ccc(O)cc4C(O)C[C@H]3[C@@H]1CCC2O. The van der Waals surface area contributed by atoms with Crippen molar-refractivity contribution < 1.29 is 15.3 Å². The highest BCUT2D eigenvalue weighted by Gasteiger charge is 2.55. The quantitative estimate of drug-likeness (QED) is 0.687. The van der Waals surface area contributed by atoms with Crippen LogP contribution in [0.3, 0.4) is 0 Å². The highest BCUT2D eigenvalue weighted by molar-refractivity contribution is 5.41. The lowest BCUT2D eigenvalue weighted by molar-refractivity contribution is -0.0372. The zero-order valence-corrected chi connectivity index (χ0v) is 12.5. The fourth-order valence-electron chi connectivity index (χ4n) is 5.55. The van der Waals surface area contributed by atoms with E-state index in [0.29, 0.717) is 17.8 Å². The molecule has 0 aliphatic heterocycles. The summed E-state index contributed by atoms with van der Waals surface area (Å²) in [6.45, 7) is 2.24. The first-order chi connectivity index (χ1) is 10.0. The molecule has 3 N–H and O–H groups in total. The molecule has 114 valence electrons. The first-order valence-electron chi connectivity index (χ1n) is 8.19. The summed E-state index contributed by atoms with van der Waals surface area (Å²) in [7, 11) is 0. The highest BCUT2D eigenvalue weighted by Crippen LogP contribution is 2.62. The molecule has 1 aromatic carbocycles. The Labute approximate surface area is 125 Å². The summed E-state index contributed by atoms with van der Waals surface area (Å²) in [4.78, 5) is 0. The summed E-state index contributed by atoms with van der Waals surface area (Å²) in [6, 6.07) is 5.47. The Morgan fingerprint density at radius 1 is 1.10 bits per heavy atom. The van der Waals surface area contributed by atoms with Crippen LogP contribution >= 0.6 is 0 Å². The molecule has 0 radical (unpaired) electrons. The topological polar surface area (TPSA) is 60.7 Å². The van der Waals surface area contributed by atoms with E-state index in [2.05, 4.69) is 6.92 Å². The lowest BCUT2D eigenvalue weighted by atomic mass is 9.55. The zero-order valence-electron chi connectivity index (χ0n) is 12.5. The minimum absolute atomic E-state index is 0.0370. The van der Waals surface area contributed by atoms with E-state index in [0.717, 1.165) is 37.7 Å². The van der Waals surface area contributed by atoms with Gasteiger partial charge in [-0.15, -0.1) is 0 Å². The number of benzene rings is 1. The third-order valence-electron chi connectivity index (χ3n) is 6.71. The first kappa shape index (κ1) is 13.6. The number of aliphatic hydroxyl groups excluding tert-OH is 2. The van der Waals surface area contributed by atoms with Crippen molar-refractivity contribution in [3.05, 3.63) is 29.3 Å². The van der Waals surface area contributed by atoms with E-state index >= 15 is 0 Å². The Morgan fingerprint density at radius 3 is 2.71 bits per heavy atom. The van der Waals surface area contributed by atoms with Crippen LogP contribution in [-0.4, -0.2) is 21.4 Å². The van der Waals surface area contributed by atoms with E-state index in [9.17, 15) is 15.3 Å². The molecule has 2 unspecified atom stereocenters. The van der Waals surface area contributed by atoms with E-state index in [1.54, 1.807) is 12.1 Å². The van der Waals surface area contributed by atoms with E-state index in [1.165, 1.54) is 5.56 Å². The van der Waals surface area contributed by atoms with Gasteiger partial charge in [0.2, 0.25) is 0 Å². The highest BCUT2D eigenvalue weighted by atomic mass is 16.3. The molecule has 0 amide bonds. The minimum Gasteiger partial charge on any atom is -0.508 e. The van der Waals surface area contributed by atoms with E-state index in [-0.39, 0.29) is 17.3 Å². The van der Waals surface area contributed by atoms with Gasteiger partial charge in [-0.2, -0.15) is 0 Å². The molecule has 0 aromatic heterocycles. The summed E-state index contributed by atoms with van der Waals surface area (Å²) in [5, 5.41) is 30.6. The van der Waals surface area contributed by atoms with Crippen LogP contribution in [0.25, 0.3) is 0 Å². The van der Waals surface area contributed by atoms with Gasteiger partial charge in [-0.3, -0.25) is 0 Å². The number of rotatable bonds is 0. The van der Waals surface area contributed by atoms with Crippen LogP contribution in [0, 0.1) is 17.3 Å². The average Bonchev–Trinajstić information content (AvgIpc) is 2.76. The van der Waals surface area contributed by atoms with Gasteiger partial charge < -0.3 is 15.3 Å². The minimum atomic E-state index is -0.478. The maximum absolute atomic E-state index is 10.5. The predicted molar refractivity (Wildman–Crippen MR) is 80.0 cm³/mol. The van der Waals surface area contributed by atoms with Gasteiger partial charge in [-0.1, -0.05) is 13.0 Å². The smallest absolute Gasteiger partial charge is 0.115 e. The van der Waals surface area contributed by atoms with Crippen molar-refractivity contribution in [3.8, 4) is 5.75 Å². The van der Waals surface area contributed by atoms with Crippen molar-refractivity contribution in [1.29, 1.82) is 0 Å². The van der Waals surface area contributed by atoms with Gasteiger partial charge in [0.25, 0.3) is 0 Å². The van der Waals surface area contributed by atoms with Gasteiger partial charge in [-0.25, -0.2) is 0 Å². The van der Waals surface area contributed by atoms with Crippen molar-refractivity contribution in [1.82, 2.24) is 0 Å². The summed E-state index contributed by atoms with van der Waals surface area (Å²) in [5.74, 6) is 1.70. The molecule has 3 nitrogen and oxygen atoms in total. The molecule has 21 heavy (non-hydrogen) atoms.